The molecule has 0 amide bonds. The van der Waals surface area contributed by atoms with E-state index in [1.54, 1.807) is 0 Å². The molecule has 116 valence electrons. The number of rotatable bonds is 5. The highest BCUT2D eigenvalue weighted by Gasteiger charge is 2.40. The van der Waals surface area contributed by atoms with Crippen LogP contribution in [0.15, 0.2) is 42.5 Å². The van der Waals surface area contributed by atoms with Crippen LogP contribution in [0.2, 0.25) is 0 Å². The van der Waals surface area contributed by atoms with Crippen LogP contribution >= 0.6 is 0 Å². The number of hydrogen-bond donors (Lipinski definition) is 0. The monoisotopic (exact) mass is 300 g/mol. The van der Waals surface area contributed by atoms with Crippen LogP contribution in [-0.4, -0.2) is 31.9 Å². The van der Waals surface area contributed by atoms with Crippen molar-refractivity contribution in [1.29, 1.82) is 0 Å². The standard InChI is InChI=1S/C18H20O4/c1-18(2,17-20-10-11-21-17)16(19)12-22-15-9-5-7-13-6-3-4-8-14(13)15/h3-9,17H,10-12H2,1-2H3. The zero-order chi connectivity index (χ0) is 15.6. The maximum atomic E-state index is 12.5. The van der Waals surface area contributed by atoms with Crippen molar-refractivity contribution in [2.24, 2.45) is 5.41 Å². The summed E-state index contributed by atoms with van der Waals surface area (Å²) in [5, 5.41) is 2.10. The second kappa shape index (κ2) is 6.07. The number of benzene rings is 2. The average Bonchev–Trinajstić information content (AvgIpc) is 3.07. The molecule has 0 atom stereocenters. The molecule has 1 heterocycles. The fourth-order valence-electron chi connectivity index (χ4n) is 2.56. The van der Waals surface area contributed by atoms with Gasteiger partial charge in [-0.1, -0.05) is 36.4 Å². The molecule has 22 heavy (non-hydrogen) atoms. The van der Waals surface area contributed by atoms with Crippen LogP contribution in [0.1, 0.15) is 13.8 Å². The Bertz CT molecular complexity index is 666. The van der Waals surface area contributed by atoms with Gasteiger partial charge in [0.05, 0.1) is 18.6 Å². The molecule has 0 bridgehead atoms. The van der Waals surface area contributed by atoms with E-state index in [9.17, 15) is 4.79 Å². The molecule has 2 aromatic carbocycles. The largest absolute Gasteiger partial charge is 0.485 e. The van der Waals surface area contributed by atoms with E-state index in [2.05, 4.69) is 0 Å². The van der Waals surface area contributed by atoms with Crippen LogP contribution in [0.3, 0.4) is 0 Å². The lowest BCUT2D eigenvalue weighted by atomic mass is 9.87. The van der Waals surface area contributed by atoms with Gasteiger partial charge in [-0.3, -0.25) is 4.79 Å². The molecule has 0 radical (unpaired) electrons. The van der Waals surface area contributed by atoms with E-state index in [4.69, 9.17) is 14.2 Å². The van der Waals surface area contributed by atoms with Gasteiger partial charge in [0.25, 0.3) is 0 Å². The Kier molecular flexibility index (Phi) is 4.14. The molecule has 0 aromatic heterocycles. The molecule has 0 aliphatic carbocycles. The highest BCUT2D eigenvalue weighted by atomic mass is 16.7. The zero-order valence-electron chi connectivity index (χ0n) is 12.9. The quantitative estimate of drug-likeness (QED) is 0.850. The molecular formula is C18H20O4. The van der Waals surface area contributed by atoms with Crippen molar-refractivity contribution in [1.82, 2.24) is 0 Å². The van der Waals surface area contributed by atoms with Crippen molar-refractivity contribution in [3.8, 4) is 5.75 Å². The lowest BCUT2D eigenvalue weighted by molar-refractivity contribution is -0.156. The third-order valence-electron chi connectivity index (χ3n) is 4.04. The molecule has 0 saturated carbocycles. The van der Waals surface area contributed by atoms with E-state index in [-0.39, 0.29) is 12.4 Å². The molecule has 3 rings (SSSR count). The first kappa shape index (κ1) is 15.0. The Morgan fingerprint density at radius 1 is 1.14 bits per heavy atom. The molecule has 1 aliphatic rings. The van der Waals surface area contributed by atoms with Gasteiger partial charge in [0.2, 0.25) is 0 Å². The van der Waals surface area contributed by atoms with Crippen LogP contribution in [0.5, 0.6) is 5.75 Å². The molecule has 1 saturated heterocycles. The van der Waals surface area contributed by atoms with Gasteiger partial charge in [-0.25, -0.2) is 0 Å². The summed E-state index contributed by atoms with van der Waals surface area (Å²) >= 11 is 0. The summed E-state index contributed by atoms with van der Waals surface area (Å²) in [6.07, 6.45) is -0.490. The lowest BCUT2D eigenvalue weighted by Crippen LogP contribution is -2.40. The fourth-order valence-corrected chi connectivity index (χ4v) is 2.56. The molecule has 0 unspecified atom stereocenters. The van der Waals surface area contributed by atoms with Crippen LogP contribution in [0, 0.1) is 5.41 Å². The average molecular weight is 300 g/mol. The SMILES string of the molecule is CC(C)(C(=O)COc1cccc2ccccc12)C1OCCO1. The summed E-state index contributed by atoms with van der Waals surface area (Å²) in [5.74, 6) is 0.683. The molecule has 0 N–H and O–H groups in total. The number of ketones is 1. The van der Waals surface area contributed by atoms with Crippen molar-refractivity contribution in [3.63, 3.8) is 0 Å². The third-order valence-corrected chi connectivity index (χ3v) is 4.04. The zero-order valence-corrected chi connectivity index (χ0v) is 12.9. The Hall–Kier alpha value is -1.91. The molecule has 0 spiro atoms. The topological polar surface area (TPSA) is 44.8 Å². The normalized spacial score (nSPS) is 16.1. The molecule has 4 nitrogen and oxygen atoms in total. The van der Waals surface area contributed by atoms with Gasteiger partial charge in [-0.2, -0.15) is 0 Å². The van der Waals surface area contributed by atoms with E-state index >= 15 is 0 Å². The number of hydrogen-bond acceptors (Lipinski definition) is 4. The number of fused-ring (bicyclic) bond motifs is 1. The Labute approximate surface area is 130 Å². The number of Topliss-reactive ketones (excluding diaryl/α,β-unsaturated/α-hetero) is 1. The van der Waals surface area contributed by atoms with E-state index in [0.717, 1.165) is 16.5 Å². The van der Waals surface area contributed by atoms with Gasteiger partial charge in [0.15, 0.2) is 12.1 Å². The first-order valence-corrected chi connectivity index (χ1v) is 7.46. The lowest BCUT2D eigenvalue weighted by Gasteiger charge is -2.28. The van der Waals surface area contributed by atoms with E-state index < -0.39 is 11.7 Å². The molecular weight excluding hydrogens is 280 g/mol. The summed E-state index contributed by atoms with van der Waals surface area (Å²) in [7, 11) is 0. The minimum atomic E-state index is -0.721. The van der Waals surface area contributed by atoms with Gasteiger partial charge in [0.1, 0.15) is 12.4 Å². The van der Waals surface area contributed by atoms with Crippen molar-refractivity contribution in [3.05, 3.63) is 42.5 Å². The highest BCUT2D eigenvalue weighted by molar-refractivity contribution is 5.89. The molecule has 1 fully saturated rings. The first-order valence-electron chi connectivity index (χ1n) is 7.46. The summed E-state index contributed by atoms with van der Waals surface area (Å²) in [5.41, 5.74) is -0.721. The van der Waals surface area contributed by atoms with E-state index in [1.807, 2.05) is 56.3 Å². The first-order chi connectivity index (χ1) is 10.6. The summed E-state index contributed by atoms with van der Waals surface area (Å²) < 4.78 is 16.7. The molecule has 1 aliphatic heterocycles. The number of ether oxygens (including phenoxy) is 3. The maximum Gasteiger partial charge on any atom is 0.180 e. The number of carbonyl (C=O) groups is 1. The van der Waals surface area contributed by atoms with Crippen molar-refractivity contribution in [2.45, 2.75) is 20.1 Å². The second-order valence-corrected chi connectivity index (χ2v) is 5.98. The third kappa shape index (κ3) is 2.85. The fraction of sp³-hybridized carbons (Fsp3) is 0.389. The van der Waals surface area contributed by atoms with Gasteiger partial charge in [-0.15, -0.1) is 0 Å². The Morgan fingerprint density at radius 3 is 2.59 bits per heavy atom. The van der Waals surface area contributed by atoms with Gasteiger partial charge < -0.3 is 14.2 Å². The van der Waals surface area contributed by atoms with Crippen LogP contribution < -0.4 is 4.74 Å². The summed E-state index contributed by atoms with van der Waals surface area (Å²) in [6.45, 7) is 4.73. The summed E-state index contributed by atoms with van der Waals surface area (Å²) in [6, 6.07) is 13.8. The van der Waals surface area contributed by atoms with Gasteiger partial charge >= 0.3 is 0 Å². The van der Waals surface area contributed by atoms with Crippen LogP contribution in [0.25, 0.3) is 10.8 Å². The van der Waals surface area contributed by atoms with Crippen LogP contribution in [-0.2, 0) is 14.3 Å². The van der Waals surface area contributed by atoms with E-state index in [1.165, 1.54) is 0 Å². The smallest absolute Gasteiger partial charge is 0.180 e. The minimum absolute atomic E-state index is 0.00419. The second-order valence-electron chi connectivity index (χ2n) is 5.98. The Balaban J connectivity index is 1.72. The van der Waals surface area contributed by atoms with Crippen molar-refractivity contribution >= 4 is 16.6 Å². The predicted molar refractivity (Wildman–Crippen MR) is 83.9 cm³/mol. The van der Waals surface area contributed by atoms with Gasteiger partial charge in [0, 0.05) is 5.39 Å². The van der Waals surface area contributed by atoms with Crippen LogP contribution in [0.4, 0.5) is 0 Å². The minimum Gasteiger partial charge on any atom is -0.485 e. The van der Waals surface area contributed by atoms with Crippen molar-refractivity contribution in [2.75, 3.05) is 19.8 Å². The number of carbonyl (C=O) groups excluding carboxylic acids is 1. The predicted octanol–water partition coefficient (Wildman–Crippen LogP) is 3.19. The van der Waals surface area contributed by atoms with Gasteiger partial charge in [-0.05, 0) is 25.3 Å². The highest BCUT2D eigenvalue weighted by Crippen LogP contribution is 2.30. The van der Waals surface area contributed by atoms with Crippen molar-refractivity contribution < 1.29 is 19.0 Å². The Morgan fingerprint density at radius 2 is 1.82 bits per heavy atom. The molecule has 2 aromatic rings. The molecule has 4 heteroatoms. The maximum absolute atomic E-state index is 12.5. The summed E-state index contributed by atoms with van der Waals surface area (Å²) in [4.78, 5) is 12.5. The van der Waals surface area contributed by atoms with E-state index in [0.29, 0.717) is 13.2 Å².